The first-order valence-electron chi connectivity index (χ1n) is 24.2. The summed E-state index contributed by atoms with van der Waals surface area (Å²) in [6.07, 6.45) is 2.11. The molecular weight excluding hydrogens is 863 g/mol. The van der Waals surface area contributed by atoms with Gasteiger partial charge in [0.25, 0.3) is 0 Å². The number of fused-ring (bicyclic) bond motifs is 7. The summed E-state index contributed by atoms with van der Waals surface area (Å²) in [7, 11) is 0. The van der Waals surface area contributed by atoms with Crippen LogP contribution < -0.4 is 0 Å². The Hall–Kier alpha value is -9.58. The van der Waals surface area contributed by atoms with Crippen molar-refractivity contribution in [2.75, 3.05) is 0 Å². The van der Waals surface area contributed by atoms with Crippen LogP contribution in [-0.2, 0) is 0 Å². The summed E-state index contributed by atoms with van der Waals surface area (Å²) in [6, 6.07) is 91.2. The largest absolute Gasteiger partial charge is 0.309 e. The SMILES string of the molecule is c1ccc(-c2c(-c3ccccc3)n(-c3ccccc3)c3ccc4c5ccccc5n(-c5ccc(-c6nc(-c7ccc(-c8cccc9ccccc89)cc7)c7ccn(-c8ccccc8)c7n6)cc5)c4c23)cc1. The van der Waals surface area contributed by atoms with Gasteiger partial charge in [-0.2, -0.15) is 0 Å². The van der Waals surface area contributed by atoms with Crippen molar-refractivity contribution in [1.82, 2.24) is 23.7 Å². The van der Waals surface area contributed by atoms with E-state index < -0.39 is 0 Å². The Morgan fingerprint density at radius 3 is 1.66 bits per heavy atom. The molecule has 5 heteroatoms. The predicted octanol–water partition coefficient (Wildman–Crippen LogP) is 16.9. The summed E-state index contributed by atoms with van der Waals surface area (Å²) in [5.41, 5.74) is 17.4. The molecular formula is C66H43N5. The molecule has 71 heavy (non-hydrogen) atoms. The van der Waals surface area contributed by atoms with Crippen LogP contribution in [0.3, 0.4) is 0 Å². The van der Waals surface area contributed by atoms with E-state index in [1.165, 1.54) is 43.6 Å². The van der Waals surface area contributed by atoms with E-state index >= 15 is 0 Å². The standard InChI is InChI=1S/C66H43N5/c1-5-19-46(20-6-1)60-61-59(71(51-26-11-4-12-27-51)63(60)48-21-7-2-8-22-48)41-40-56-55-29-15-16-31-58(55)70(64(56)61)52-38-36-49(37-39-52)65-67-62(57-42-43-69(66(57)68-65)50-24-9-3-10-25-50)47-34-32-45(33-35-47)54-30-17-23-44-18-13-14-28-53(44)54/h1-43H. The fraction of sp³-hybridized carbons (Fsp3) is 0. The Labute approximate surface area is 410 Å². The molecule has 0 saturated heterocycles. The van der Waals surface area contributed by atoms with Gasteiger partial charge in [-0.25, -0.2) is 9.97 Å². The molecule has 0 atom stereocenters. The van der Waals surface area contributed by atoms with Crippen LogP contribution in [0.1, 0.15) is 0 Å². The van der Waals surface area contributed by atoms with Crippen LogP contribution >= 0.6 is 0 Å². The lowest BCUT2D eigenvalue weighted by atomic mass is 9.97. The third-order valence-corrected chi connectivity index (χ3v) is 14.1. The second kappa shape index (κ2) is 16.6. The molecule has 14 rings (SSSR count). The van der Waals surface area contributed by atoms with Gasteiger partial charge < -0.3 is 13.7 Å². The van der Waals surface area contributed by atoms with Crippen LogP contribution in [0.5, 0.6) is 0 Å². The number of benzene rings is 10. The minimum Gasteiger partial charge on any atom is -0.309 e. The van der Waals surface area contributed by atoms with Crippen molar-refractivity contribution in [1.29, 1.82) is 0 Å². The van der Waals surface area contributed by atoms with E-state index in [0.29, 0.717) is 5.82 Å². The molecule has 332 valence electrons. The summed E-state index contributed by atoms with van der Waals surface area (Å²) in [5, 5.41) is 7.06. The molecule has 4 aromatic heterocycles. The van der Waals surface area contributed by atoms with Gasteiger partial charge in [0.15, 0.2) is 5.82 Å². The molecule has 0 aliphatic rings. The van der Waals surface area contributed by atoms with Crippen molar-refractivity contribution in [2.45, 2.75) is 0 Å². The summed E-state index contributed by atoms with van der Waals surface area (Å²) in [5.74, 6) is 0.663. The molecule has 14 aromatic rings. The van der Waals surface area contributed by atoms with E-state index in [4.69, 9.17) is 9.97 Å². The highest BCUT2D eigenvalue weighted by molar-refractivity contribution is 6.24. The van der Waals surface area contributed by atoms with Crippen molar-refractivity contribution in [2.24, 2.45) is 0 Å². The molecule has 5 nitrogen and oxygen atoms in total. The monoisotopic (exact) mass is 905 g/mol. The molecule has 0 saturated carbocycles. The fourth-order valence-electron chi connectivity index (χ4n) is 10.9. The van der Waals surface area contributed by atoms with Gasteiger partial charge in [-0.1, -0.05) is 188 Å². The number of hydrogen-bond acceptors (Lipinski definition) is 2. The highest BCUT2D eigenvalue weighted by Crippen LogP contribution is 2.48. The van der Waals surface area contributed by atoms with E-state index in [1.54, 1.807) is 0 Å². The zero-order valence-corrected chi connectivity index (χ0v) is 38.6. The number of rotatable bonds is 8. The fourth-order valence-corrected chi connectivity index (χ4v) is 10.9. The maximum Gasteiger partial charge on any atom is 0.162 e. The number of nitrogens with zero attached hydrogens (tertiary/aromatic N) is 5. The zero-order chi connectivity index (χ0) is 46.8. The molecule has 0 aliphatic heterocycles. The van der Waals surface area contributed by atoms with E-state index in [1.807, 2.05) is 6.07 Å². The normalized spacial score (nSPS) is 11.7. The first-order chi connectivity index (χ1) is 35.2. The maximum atomic E-state index is 5.42. The Bertz CT molecular complexity index is 4280. The third-order valence-electron chi connectivity index (χ3n) is 14.1. The lowest BCUT2D eigenvalue weighted by Crippen LogP contribution is -1.99. The van der Waals surface area contributed by atoms with Gasteiger partial charge in [0, 0.05) is 61.5 Å². The minimum absolute atomic E-state index is 0.663. The van der Waals surface area contributed by atoms with Gasteiger partial charge in [-0.3, -0.25) is 0 Å². The second-order valence-electron chi connectivity index (χ2n) is 18.1. The Kier molecular flexibility index (Phi) is 9.46. The highest BCUT2D eigenvalue weighted by atomic mass is 15.1. The zero-order valence-electron chi connectivity index (χ0n) is 38.6. The lowest BCUT2D eigenvalue weighted by Gasteiger charge is -2.13. The van der Waals surface area contributed by atoms with Crippen LogP contribution in [0.25, 0.3) is 128 Å². The third kappa shape index (κ3) is 6.63. The molecule has 0 unspecified atom stereocenters. The summed E-state index contributed by atoms with van der Waals surface area (Å²) in [4.78, 5) is 10.8. The first kappa shape index (κ1) is 40.5. The molecule has 4 heterocycles. The molecule has 0 fully saturated rings. The van der Waals surface area contributed by atoms with Gasteiger partial charge in [0.05, 0.1) is 27.9 Å². The highest BCUT2D eigenvalue weighted by Gasteiger charge is 2.26. The summed E-state index contributed by atoms with van der Waals surface area (Å²) >= 11 is 0. The molecule has 0 N–H and O–H groups in total. The average molecular weight is 906 g/mol. The molecule has 0 bridgehead atoms. The Morgan fingerprint density at radius 2 is 0.915 bits per heavy atom. The average Bonchev–Trinajstić information content (AvgIpc) is 4.15. The predicted molar refractivity (Wildman–Crippen MR) is 295 cm³/mol. The molecule has 0 radical (unpaired) electrons. The molecule has 0 spiro atoms. The minimum atomic E-state index is 0.663. The number of para-hydroxylation sites is 3. The van der Waals surface area contributed by atoms with E-state index in [9.17, 15) is 0 Å². The molecule has 0 amide bonds. The van der Waals surface area contributed by atoms with Crippen LogP contribution in [-0.4, -0.2) is 23.7 Å². The first-order valence-corrected chi connectivity index (χ1v) is 24.2. The Morgan fingerprint density at radius 1 is 0.324 bits per heavy atom. The van der Waals surface area contributed by atoms with Gasteiger partial charge in [0.2, 0.25) is 0 Å². The quantitative estimate of drug-likeness (QED) is 0.152. The number of hydrogen-bond donors (Lipinski definition) is 0. The van der Waals surface area contributed by atoms with Gasteiger partial charge >= 0.3 is 0 Å². The number of aromatic nitrogens is 5. The van der Waals surface area contributed by atoms with Gasteiger partial charge in [-0.15, -0.1) is 0 Å². The Balaban J connectivity index is 0.971. The summed E-state index contributed by atoms with van der Waals surface area (Å²) < 4.78 is 7.08. The van der Waals surface area contributed by atoms with Crippen molar-refractivity contribution < 1.29 is 0 Å². The van der Waals surface area contributed by atoms with E-state index in [0.717, 1.165) is 78.3 Å². The van der Waals surface area contributed by atoms with Gasteiger partial charge in [0.1, 0.15) is 5.65 Å². The van der Waals surface area contributed by atoms with Crippen LogP contribution in [0.2, 0.25) is 0 Å². The van der Waals surface area contributed by atoms with Crippen molar-refractivity contribution in [3.05, 3.63) is 261 Å². The smallest absolute Gasteiger partial charge is 0.162 e. The van der Waals surface area contributed by atoms with Crippen molar-refractivity contribution in [3.8, 4) is 73.2 Å². The lowest BCUT2D eigenvalue weighted by molar-refractivity contribution is 1.08. The van der Waals surface area contributed by atoms with Crippen molar-refractivity contribution >= 4 is 54.5 Å². The van der Waals surface area contributed by atoms with Gasteiger partial charge in [-0.05, 0) is 99.8 Å². The molecule has 10 aromatic carbocycles. The second-order valence-corrected chi connectivity index (χ2v) is 18.1. The van der Waals surface area contributed by atoms with Crippen LogP contribution in [0.4, 0.5) is 0 Å². The topological polar surface area (TPSA) is 40.6 Å². The van der Waals surface area contributed by atoms with Crippen LogP contribution in [0.15, 0.2) is 261 Å². The van der Waals surface area contributed by atoms with Crippen molar-refractivity contribution in [3.63, 3.8) is 0 Å². The molecule has 0 aliphatic carbocycles. The summed E-state index contributed by atoms with van der Waals surface area (Å²) in [6.45, 7) is 0. The van der Waals surface area contributed by atoms with E-state index in [2.05, 4.69) is 269 Å². The van der Waals surface area contributed by atoms with E-state index in [-0.39, 0.29) is 0 Å². The maximum absolute atomic E-state index is 5.42. The van der Waals surface area contributed by atoms with Crippen LogP contribution in [0, 0.1) is 0 Å².